The Hall–Kier alpha value is -1.06. The third-order valence-corrected chi connectivity index (χ3v) is 4.67. The second-order valence-corrected chi connectivity index (χ2v) is 6.72. The summed E-state index contributed by atoms with van der Waals surface area (Å²) < 4.78 is 5.35. The molecule has 1 amide bonds. The normalized spacial score (nSPS) is 17.5. The highest BCUT2D eigenvalue weighted by atomic mass is 16.5. The molecule has 1 aliphatic heterocycles. The summed E-state index contributed by atoms with van der Waals surface area (Å²) >= 11 is 0. The summed E-state index contributed by atoms with van der Waals surface area (Å²) in [5.41, 5.74) is 0. The van der Waals surface area contributed by atoms with Crippen molar-refractivity contribution in [3.8, 4) is 0 Å². The Morgan fingerprint density at radius 2 is 1.52 bits per heavy atom. The summed E-state index contributed by atoms with van der Waals surface area (Å²) in [7, 11) is 0. The first-order valence-corrected chi connectivity index (χ1v) is 9.60. The lowest BCUT2D eigenvalue weighted by Crippen LogP contribution is -2.40. The molecule has 1 atom stereocenters. The molecule has 1 aliphatic rings. The molecular weight excluding hydrogens is 290 g/mol. The van der Waals surface area contributed by atoms with Gasteiger partial charge in [0, 0.05) is 13.5 Å². The first kappa shape index (κ1) is 20.0. The third kappa shape index (κ3) is 8.38. The zero-order chi connectivity index (χ0) is 16.9. The van der Waals surface area contributed by atoms with Crippen molar-refractivity contribution in [1.82, 2.24) is 4.90 Å². The van der Waals surface area contributed by atoms with E-state index in [0.29, 0.717) is 13.2 Å². The zero-order valence-electron chi connectivity index (χ0n) is 15.1. The number of hydrogen-bond acceptors (Lipinski definition) is 3. The fourth-order valence-corrected chi connectivity index (χ4v) is 3.25. The van der Waals surface area contributed by atoms with Crippen LogP contribution >= 0.6 is 0 Å². The summed E-state index contributed by atoms with van der Waals surface area (Å²) in [6, 6.07) is -0.337. The van der Waals surface area contributed by atoms with Crippen LogP contribution in [-0.4, -0.2) is 36.0 Å². The maximum atomic E-state index is 12.0. The Balaban J connectivity index is 1.94. The number of esters is 1. The lowest BCUT2D eigenvalue weighted by molar-refractivity contribution is -0.153. The number of rotatable bonds is 12. The Morgan fingerprint density at radius 1 is 0.957 bits per heavy atom. The van der Waals surface area contributed by atoms with Crippen LogP contribution in [0.25, 0.3) is 0 Å². The van der Waals surface area contributed by atoms with Gasteiger partial charge in [-0.05, 0) is 19.3 Å². The van der Waals surface area contributed by atoms with E-state index in [9.17, 15) is 9.59 Å². The van der Waals surface area contributed by atoms with Crippen molar-refractivity contribution in [2.75, 3.05) is 13.2 Å². The molecule has 4 nitrogen and oxygen atoms in total. The van der Waals surface area contributed by atoms with E-state index in [2.05, 4.69) is 6.92 Å². The molecule has 0 aliphatic carbocycles. The molecule has 1 saturated heterocycles. The first-order valence-electron chi connectivity index (χ1n) is 9.60. The molecule has 0 radical (unpaired) electrons. The second kappa shape index (κ2) is 12.4. The molecule has 1 fully saturated rings. The average molecular weight is 325 g/mol. The van der Waals surface area contributed by atoms with Crippen LogP contribution < -0.4 is 0 Å². The minimum absolute atomic E-state index is 0.0246. The van der Waals surface area contributed by atoms with Crippen molar-refractivity contribution >= 4 is 11.9 Å². The van der Waals surface area contributed by atoms with Crippen LogP contribution in [0.4, 0.5) is 0 Å². The molecule has 0 unspecified atom stereocenters. The van der Waals surface area contributed by atoms with Gasteiger partial charge in [-0.1, -0.05) is 64.7 Å². The van der Waals surface area contributed by atoms with E-state index >= 15 is 0 Å². The number of hydrogen-bond donors (Lipinski definition) is 0. The Morgan fingerprint density at radius 3 is 2.09 bits per heavy atom. The van der Waals surface area contributed by atoms with Gasteiger partial charge in [-0.15, -0.1) is 0 Å². The van der Waals surface area contributed by atoms with Gasteiger partial charge in [-0.2, -0.15) is 0 Å². The average Bonchev–Trinajstić information content (AvgIpc) is 3.02. The fourth-order valence-electron chi connectivity index (χ4n) is 3.25. The molecule has 0 aromatic rings. The molecule has 134 valence electrons. The van der Waals surface area contributed by atoms with Gasteiger partial charge in [0.15, 0.2) is 0 Å². The van der Waals surface area contributed by atoms with Crippen LogP contribution in [0.15, 0.2) is 0 Å². The maximum Gasteiger partial charge on any atom is 0.328 e. The van der Waals surface area contributed by atoms with Gasteiger partial charge < -0.3 is 9.64 Å². The van der Waals surface area contributed by atoms with Gasteiger partial charge >= 0.3 is 5.97 Å². The van der Waals surface area contributed by atoms with Crippen LogP contribution in [0.1, 0.15) is 90.9 Å². The fraction of sp³-hybridized carbons (Fsp3) is 0.895. The van der Waals surface area contributed by atoms with Crippen molar-refractivity contribution in [3.63, 3.8) is 0 Å². The van der Waals surface area contributed by atoms with Crippen molar-refractivity contribution < 1.29 is 14.3 Å². The number of amides is 1. The van der Waals surface area contributed by atoms with Crippen molar-refractivity contribution in [2.24, 2.45) is 0 Å². The minimum atomic E-state index is -0.337. The summed E-state index contributed by atoms with van der Waals surface area (Å²) in [6.45, 7) is 4.95. The van der Waals surface area contributed by atoms with Gasteiger partial charge in [0.05, 0.1) is 6.61 Å². The largest absolute Gasteiger partial charge is 0.464 e. The number of carbonyl (C=O) groups excluding carboxylic acids is 2. The maximum absolute atomic E-state index is 12.0. The zero-order valence-corrected chi connectivity index (χ0v) is 15.1. The quantitative estimate of drug-likeness (QED) is 0.393. The summed E-state index contributed by atoms with van der Waals surface area (Å²) in [5.74, 6) is -0.239. The monoisotopic (exact) mass is 325 g/mol. The van der Waals surface area contributed by atoms with E-state index in [0.717, 1.165) is 25.7 Å². The van der Waals surface area contributed by atoms with Gasteiger partial charge in [0.2, 0.25) is 5.91 Å². The third-order valence-electron chi connectivity index (χ3n) is 4.67. The van der Waals surface area contributed by atoms with Gasteiger partial charge in [0.25, 0.3) is 0 Å². The van der Waals surface area contributed by atoms with Crippen LogP contribution in [0.5, 0.6) is 0 Å². The van der Waals surface area contributed by atoms with E-state index < -0.39 is 0 Å². The number of carbonyl (C=O) groups is 2. The lowest BCUT2D eigenvalue weighted by Gasteiger charge is -2.21. The summed E-state index contributed by atoms with van der Waals surface area (Å²) in [5, 5.41) is 0. The van der Waals surface area contributed by atoms with Crippen molar-refractivity contribution in [3.05, 3.63) is 0 Å². The van der Waals surface area contributed by atoms with Crippen LogP contribution in [0.3, 0.4) is 0 Å². The number of nitrogens with zero attached hydrogens (tertiary/aromatic N) is 1. The molecule has 1 heterocycles. The van der Waals surface area contributed by atoms with Gasteiger partial charge in [-0.3, -0.25) is 4.79 Å². The highest BCUT2D eigenvalue weighted by molar-refractivity contribution is 5.83. The number of unbranched alkanes of at least 4 members (excludes halogenated alkanes) is 9. The molecule has 0 N–H and O–H groups in total. The lowest BCUT2D eigenvalue weighted by atomic mass is 10.1. The van der Waals surface area contributed by atoms with Crippen molar-refractivity contribution in [2.45, 2.75) is 96.9 Å². The molecule has 0 aromatic carbocycles. The number of likely N-dealkylation sites (tertiary alicyclic amines) is 1. The Bertz CT molecular complexity index is 344. The smallest absolute Gasteiger partial charge is 0.328 e. The first-order chi connectivity index (χ1) is 11.2. The topological polar surface area (TPSA) is 46.6 Å². The predicted molar refractivity (Wildman–Crippen MR) is 93.2 cm³/mol. The van der Waals surface area contributed by atoms with Crippen LogP contribution in [0, 0.1) is 0 Å². The Labute approximate surface area is 141 Å². The van der Waals surface area contributed by atoms with E-state index in [4.69, 9.17) is 4.74 Å². The Kier molecular flexibility index (Phi) is 10.8. The molecular formula is C19H35NO3. The highest BCUT2D eigenvalue weighted by Gasteiger charge is 2.33. The SMILES string of the molecule is CCCCCCCCCCCCOC(=O)[C@H]1CCCN1C(C)=O. The van der Waals surface area contributed by atoms with E-state index in [1.807, 2.05) is 0 Å². The highest BCUT2D eigenvalue weighted by Crippen LogP contribution is 2.18. The molecule has 0 aromatic heterocycles. The minimum Gasteiger partial charge on any atom is -0.464 e. The van der Waals surface area contributed by atoms with E-state index in [1.54, 1.807) is 4.90 Å². The van der Waals surface area contributed by atoms with Crippen LogP contribution in [-0.2, 0) is 14.3 Å². The second-order valence-electron chi connectivity index (χ2n) is 6.72. The van der Waals surface area contributed by atoms with E-state index in [-0.39, 0.29) is 17.9 Å². The molecule has 0 saturated carbocycles. The summed E-state index contributed by atoms with van der Waals surface area (Å²) in [4.78, 5) is 25.1. The molecule has 23 heavy (non-hydrogen) atoms. The van der Waals surface area contributed by atoms with E-state index in [1.165, 1.54) is 58.3 Å². The molecule has 1 rings (SSSR count). The number of ether oxygens (including phenoxy) is 1. The molecule has 0 bridgehead atoms. The molecule has 4 heteroatoms. The van der Waals surface area contributed by atoms with Gasteiger partial charge in [-0.25, -0.2) is 4.79 Å². The summed E-state index contributed by atoms with van der Waals surface area (Å²) in [6.07, 6.45) is 14.4. The molecule has 0 spiro atoms. The van der Waals surface area contributed by atoms with Gasteiger partial charge in [0.1, 0.15) is 6.04 Å². The van der Waals surface area contributed by atoms with Crippen LogP contribution in [0.2, 0.25) is 0 Å². The standard InChI is InChI=1S/C19H35NO3/c1-3-4-5-6-7-8-9-10-11-12-16-23-19(22)18-14-13-15-20(18)17(2)21/h18H,3-16H2,1-2H3/t18-/m1/s1. The predicted octanol–water partition coefficient (Wildman–Crippen LogP) is 4.46. The van der Waals surface area contributed by atoms with Crippen molar-refractivity contribution in [1.29, 1.82) is 0 Å².